The van der Waals surface area contributed by atoms with Gasteiger partial charge in [0.15, 0.2) is 0 Å². The summed E-state index contributed by atoms with van der Waals surface area (Å²) in [7, 11) is 1.40. The maximum Gasteiger partial charge on any atom is 0.251 e. The maximum atomic E-state index is 12.3. The molecule has 2 aliphatic heterocycles. The molecule has 0 saturated carbocycles. The molecule has 0 aliphatic carbocycles. The fourth-order valence-electron chi connectivity index (χ4n) is 2.46. The van der Waals surface area contributed by atoms with Crippen molar-refractivity contribution in [1.82, 2.24) is 10.2 Å². The van der Waals surface area contributed by atoms with E-state index in [1.807, 2.05) is 0 Å². The van der Waals surface area contributed by atoms with Crippen molar-refractivity contribution in [2.75, 3.05) is 20.3 Å². The summed E-state index contributed by atoms with van der Waals surface area (Å²) in [6, 6.07) is 1.33. The molecule has 0 radical (unpaired) electrons. The van der Waals surface area contributed by atoms with Crippen LogP contribution in [-0.4, -0.2) is 48.9 Å². The van der Waals surface area contributed by atoms with Gasteiger partial charge in [0.2, 0.25) is 11.8 Å². The van der Waals surface area contributed by atoms with Gasteiger partial charge in [-0.2, -0.15) is 5.26 Å². The van der Waals surface area contributed by atoms with E-state index in [1.165, 1.54) is 7.05 Å². The number of nitrogens with one attached hydrogen (secondary N) is 1. The number of hydrogen-bond acceptors (Lipinski definition) is 5. The Hall–Kier alpha value is -1.94. The molecule has 3 amide bonds. The first-order valence-electron chi connectivity index (χ1n) is 6.60. The van der Waals surface area contributed by atoms with Crippen LogP contribution in [0.4, 0.5) is 0 Å². The van der Waals surface area contributed by atoms with Crippen LogP contribution in [0.5, 0.6) is 0 Å². The summed E-state index contributed by atoms with van der Waals surface area (Å²) >= 11 is 0. The van der Waals surface area contributed by atoms with E-state index in [4.69, 9.17) is 4.74 Å². The van der Waals surface area contributed by atoms with E-state index in [0.29, 0.717) is 26.1 Å². The molecule has 2 rings (SSSR count). The van der Waals surface area contributed by atoms with Crippen molar-refractivity contribution < 1.29 is 19.1 Å². The highest BCUT2D eigenvalue weighted by Gasteiger charge is 2.43. The van der Waals surface area contributed by atoms with Gasteiger partial charge in [-0.25, -0.2) is 0 Å². The van der Waals surface area contributed by atoms with Crippen molar-refractivity contribution >= 4 is 17.7 Å². The first kappa shape index (κ1) is 14.5. The Morgan fingerprint density at radius 2 is 2.10 bits per heavy atom. The normalized spacial score (nSPS) is 26.0. The van der Waals surface area contributed by atoms with E-state index >= 15 is 0 Å². The summed E-state index contributed by atoms with van der Waals surface area (Å²) in [5.41, 5.74) is -1.13. The minimum Gasteiger partial charge on any atom is -0.381 e. The summed E-state index contributed by atoms with van der Waals surface area (Å²) in [4.78, 5) is 36.6. The van der Waals surface area contributed by atoms with Crippen molar-refractivity contribution in [3.05, 3.63) is 0 Å². The van der Waals surface area contributed by atoms with Gasteiger partial charge in [-0.3, -0.25) is 19.3 Å². The standard InChI is InChI=1S/C13H17N3O4/c1-16-10(17)3-2-9(11(16)18)15-12(19)13(8-14)4-6-20-7-5-13/h9H,2-7H2,1H3,(H,15,19). The molecule has 0 aromatic heterocycles. The Morgan fingerprint density at radius 1 is 1.45 bits per heavy atom. The number of imide groups is 1. The first-order chi connectivity index (χ1) is 9.50. The van der Waals surface area contributed by atoms with Crippen molar-refractivity contribution in [3.8, 4) is 6.07 Å². The summed E-state index contributed by atoms with van der Waals surface area (Å²) < 4.78 is 5.17. The second-order valence-electron chi connectivity index (χ2n) is 5.16. The zero-order chi connectivity index (χ0) is 14.8. The average Bonchev–Trinajstić information content (AvgIpc) is 2.48. The van der Waals surface area contributed by atoms with E-state index in [9.17, 15) is 19.6 Å². The van der Waals surface area contributed by atoms with Crippen molar-refractivity contribution in [2.45, 2.75) is 31.7 Å². The third-order valence-corrected chi connectivity index (χ3v) is 3.95. The van der Waals surface area contributed by atoms with E-state index in [-0.39, 0.29) is 18.7 Å². The number of carbonyl (C=O) groups excluding carboxylic acids is 3. The first-order valence-corrected chi connectivity index (χ1v) is 6.60. The summed E-state index contributed by atoms with van der Waals surface area (Å²) in [6.07, 6.45) is 1.15. The number of rotatable bonds is 2. The predicted molar refractivity (Wildman–Crippen MR) is 67.0 cm³/mol. The van der Waals surface area contributed by atoms with E-state index < -0.39 is 23.3 Å². The van der Waals surface area contributed by atoms with E-state index in [2.05, 4.69) is 11.4 Å². The lowest BCUT2D eigenvalue weighted by atomic mass is 9.80. The van der Waals surface area contributed by atoms with Crippen LogP contribution in [0.15, 0.2) is 0 Å². The average molecular weight is 279 g/mol. The summed E-state index contributed by atoms with van der Waals surface area (Å²) in [6.45, 7) is 0.718. The molecule has 0 spiro atoms. The summed E-state index contributed by atoms with van der Waals surface area (Å²) in [5, 5.41) is 11.9. The Labute approximate surface area is 116 Å². The zero-order valence-corrected chi connectivity index (χ0v) is 11.3. The molecule has 0 bridgehead atoms. The predicted octanol–water partition coefficient (Wildman–Crippen LogP) is -0.430. The van der Waals surface area contributed by atoms with Gasteiger partial charge in [0.05, 0.1) is 6.07 Å². The Morgan fingerprint density at radius 3 is 2.70 bits per heavy atom. The molecule has 1 unspecified atom stereocenters. The molecule has 1 N–H and O–H groups in total. The fraction of sp³-hybridized carbons (Fsp3) is 0.692. The highest BCUT2D eigenvalue weighted by atomic mass is 16.5. The van der Waals surface area contributed by atoms with Crippen LogP contribution in [0.2, 0.25) is 0 Å². The highest BCUT2D eigenvalue weighted by Crippen LogP contribution is 2.30. The quantitative estimate of drug-likeness (QED) is 0.691. The molecule has 7 nitrogen and oxygen atoms in total. The zero-order valence-electron chi connectivity index (χ0n) is 11.3. The van der Waals surface area contributed by atoms with Gasteiger partial charge >= 0.3 is 0 Å². The lowest BCUT2D eigenvalue weighted by Gasteiger charge is -2.33. The molecular formula is C13H17N3O4. The molecule has 2 heterocycles. The molecule has 2 aliphatic rings. The number of amides is 3. The second kappa shape index (κ2) is 5.59. The molecule has 108 valence electrons. The van der Waals surface area contributed by atoms with Crippen LogP contribution >= 0.6 is 0 Å². The van der Waals surface area contributed by atoms with E-state index in [1.54, 1.807) is 0 Å². The van der Waals surface area contributed by atoms with Gasteiger partial charge in [0, 0.05) is 26.7 Å². The fourth-order valence-corrected chi connectivity index (χ4v) is 2.46. The number of piperidine rings is 1. The Bertz CT molecular complexity index is 476. The smallest absolute Gasteiger partial charge is 0.251 e. The molecule has 7 heteroatoms. The molecule has 1 atom stereocenters. The van der Waals surface area contributed by atoms with Gasteiger partial charge in [-0.1, -0.05) is 0 Å². The maximum absolute atomic E-state index is 12.3. The number of nitriles is 1. The van der Waals surface area contributed by atoms with Crippen LogP contribution in [0.1, 0.15) is 25.7 Å². The Balaban J connectivity index is 2.06. The minimum absolute atomic E-state index is 0.218. The molecule has 0 aromatic carbocycles. The third kappa shape index (κ3) is 2.51. The number of ether oxygens (including phenoxy) is 1. The molecule has 0 aromatic rings. The van der Waals surface area contributed by atoms with E-state index in [0.717, 1.165) is 4.90 Å². The Kier molecular flexibility index (Phi) is 4.04. The SMILES string of the molecule is CN1C(=O)CCC(NC(=O)C2(C#N)CCOCC2)C1=O. The molecule has 2 fully saturated rings. The van der Waals surface area contributed by atoms with Crippen LogP contribution in [0.25, 0.3) is 0 Å². The third-order valence-electron chi connectivity index (χ3n) is 3.95. The van der Waals surface area contributed by atoms with Gasteiger partial charge in [-0.05, 0) is 19.3 Å². The van der Waals surface area contributed by atoms with Gasteiger partial charge in [0.1, 0.15) is 11.5 Å². The largest absolute Gasteiger partial charge is 0.381 e. The van der Waals surface area contributed by atoms with Crippen LogP contribution in [-0.2, 0) is 19.1 Å². The van der Waals surface area contributed by atoms with Crippen molar-refractivity contribution in [1.29, 1.82) is 5.26 Å². The second-order valence-corrected chi connectivity index (χ2v) is 5.16. The van der Waals surface area contributed by atoms with Crippen LogP contribution < -0.4 is 5.32 Å². The molecular weight excluding hydrogens is 262 g/mol. The van der Waals surface area contributed by atoms with Crippen LogP contribution in [0.3, 0.4) is 0 Å². The minimum atomic E-state index is -1.13. The lowest BCUT2D eigenvalue weighted by Crippen LogP contribution is -2.56. The lowest BCUT2D eigenvalue weighted by molar-refractivity contribution is -0.150. The van der Waals surface area contributed by atoms with Crippen LogP contribution in [0, 0.1) is 16.7 Å². The topological polar surface area (TPSA) is 99.5 Å². The summed E-state index contributed by atoms with van der Waals surface area (Å²) in [5.74, 6) is -1.11. The van der Waals surface area contributed by atoms with Crippen molar-refractivity contribution in [3.63, 3.8) is 0 Å². The van der Waals surface area contributed by atoms with Gasteiger partial charge in [0.25, 0.3) is 5.91 Å². The van der Waals surface area contributed by atoms with Gasteiger partial charge in [-0.15, -0.1) is 0 Å². The highest BCUT2D eigenvalue weighted by molar-refractivity contribution is 6.02. The number of likely N-dealkylation sites (tertiary alicyclic amines) is 1. The molecule has 20 heavy (non-hydrogen) atoms. The monoisotopic (exact) mass is 279 g/mol. The molecule has 2 saturated heterocycles. The number of carbonyl (C=O) groups is 3. The van der Waals surface area contributed by atoms with Gasteiger partial charge < -0.3 is 10.1 Å². The number of hydrogen-bond donors (Lipinski definition) is 1. The number of likely N-dealkylation sites (N-methyl/N-ethyl adjacent to an activating group) is 1. The van der Waals surface area contributed by atoms with Crippen molar-refractivity contribution in [2.24, 2.45) is 5.41 Å². The number of nitrogens with zero attached hydrogens (tertiary/aromatic N) is 2.